The lowest BCUT2D eigenvalue weighted by Gasteiger charge is -2.36. The van der Waals surface area contributed by atoms with E-state index in [1.165, 1.54) is 18.3 Å². The molecule has 0 unspecified atom stereocenters. The van der Waals surface area contributed by atoms with E-state index in [2.05, 4.69) is 10.6 Å². The SMILES string of the molecule is COc1ccc(NC(C)=O)cc1NC(=O)C1CN(S(C)(=O)=O)C1. The van der Waals surface area contributed by atoms with E-state index >= 15 is 0 Å². The second-order valence-corrected chi connectivity index (χ2v) is 7.34. The lowest BCUT2D eigenvalue weighted by atomic mass is 10.0. The number of rotatable bonds is 5. The van der Waals surface area contributed by atoms with E-state index in [1.54, 1.807) is 18.2 Å². The van der Waals surface area contributed by atoms with Crippen LogP contribution in [0.15, 0.2) is 18.2 Å². The zero-order valence-electron chi connectivity index (χ0n) is 13.1. The number of ether oxygens (including phenoxy) is 1. The van der Waals surface area contributed by atoms with Crippen LogP contribution in [0.25, 0.3) is 0 Å². The molecule has 0 spiro atoms. The highest BCUT2D eigenvalue weighted by Crippen LogP contribution is 2.29. The van der Waals surface area contributed by atoms with Gasteiger partial charge in [-0.15, -0.1) is 0 Å². The minimum absolute atomic E-state index is 0.165. The molecule has 0 saturated carbocycles. The zero-order valence-corrected chi connectivity index (χ0v) is 13.9. The Hall–Kier alpha value is -2.13. The highest BCUT2D eigenvalue weighted by Gasteiger charge is 2.37. The Kier molecular flexibility index (Phi) is 4.90. The second kappa shape index (κ2) is 6.55. The highest BCUT2D eigenvalue weighted by atomic mass is 32.2. The molecular weight excluding hydrogens is 322 g/mol. The summed E-state index contributed by atoms with van der Waals surface area (Å²) < 4.78 is 29.1. The molecule has 1 saturated heterocycles. The predicted molar refractivity (Wildman–Crippen MR) is 85.8 cm³/mol. The summed E-state index contributed by atoms with van der Waals surface area (Å²) in [6.45, 7) is 1.72. The van der Waals surface area contributed by atoms with E-state index in [9.17, 15) is 18.0 Å². The number of amides is 2. The molecular formula is C14H19N3O5S. The van der Waals surface area contributed by atoms with Crippen molar-refractivity contribution >= 4 is 33.2 Å². The van der Waals surface area contributed by atoms with Crippen molar-refractivity contribution in [3.63, 3.8) is 0 Å². The van der Waals surface area contributed by atoms with Crippen LogP contribution in [0.3, 0.4) is 0 Å². The zero-order chi connectivity index (χ0) is 17.2. The van der Waals surface area contributed by atoms with Crippen LogP contribution in [-0.2, 0) is 19.6 Å². The number of sulfonamides is 1. The van der Waals surface area contributed by atoms with E-state index < -0.39 is 15.9 Å². The van der Waals surface area contributed by atoms with Gasteiger partial charge < -0.3 is 15.4 Å². The lowest BCUT2D eigenvalue weighted by Crippen LogP contribution is -2.53. The monoisotopic (exact) mass is 341 g/mol. The van der Waals surface area contributed by atoms with Crippen molar-refractivity contribution in [3.8, 4) is 5.75 Å². The second-order valence-electron chi connectivity index (χ2n) is 5.36. The molecule has 0 bridgehead atoms. The molecule has 8 nitrogen and oxygen atoms in total. The number of benzene rings is 1. The molecule has 0 aromatic heterocycles. The summed E-state index contributed by atoms with van der Waals surface area (Å²) in [4.78, 5) is 23.3. The summed E-state index contributed by atoms with van der Waals surface area (Å²) in [7, 11) is -1.79. The van der Waals surface area contributed by atoms with Gasteiger partial charge in [-0.3, -0.25) is 9.59 Å². The molecule has 0 aliphatic carbocycles. The Labute approximate surface area is 134 Å². The summed E-state index contributed by atoms with van der Waals surface area (Å²) in [5.74, 6) is -0.469. The van der Waals surface area contributed by atoms with Gasteiger partial charge in [0, 0.05) is 25.7 Å². The van der Waals surface area contributed by atoms with Crippen LogP contribution < -0.4 is 15.4 Å². The van der Waals surface area contributed by atoms with Gasteiger partial charge in [0.15, 0.2) is 0 Å². The maximum Gasteiger partial charge on any atom is 0.230 e. The fourth-order valence-electron chi connectivity index (χ4n) is 2.20. The third kappa shape index (κ3) is 4.20. The Morgan fingerprint density at radius 2 is 1.91 bits per heavy atom. The minimum atomic E-state index is -3.26. The summed E-state index contributed by atoms with van der Waals surface area (Å²) in [6.07, 6.45) is 1.11. The molecule has 126 valence electrons. The van der Waals surface area contributed by atoms with Crippen LogP contribution in [0.2, 0.25) is 0 Å². The van der Waals surface area contributed by atoms with Gasteiger partial charge in [0.1, 0.15) is 5.75 Å². The molecule has 2 amide bonds. The van der Waals surface area contributed by atoms with Crippen LogP contribution in [0.4, 0.5) is 11.4 Å². The first-order valence-corrected chi connectivity index (χ1v) is 8.77. The number of hydrogen-bond acceptors (Lipinski definition) is 5. The van der Waals surface area contributed by atoms with Gasteiger partial charge in [-0.1, -0.05) is 0 Å². The van der Waals surface area contributed by atoms with Crippen LogP contribution in [0.5, 0.6) is 5.75 Å². The quantitative estimate of drug-likeness (QED) is 0.811. The summed E-state index contributed by atoms with van der Waals surface area (Å²) in [5, 5.41) is 5.33. The number of carbonyl (C=O) groups is 2. The summed E-state index contributed by atoms with van der Waals surface area (Å²) >= 11 is 0. The molecule has 2 N–H and O–H groups in total. The Morgan fingerprint density at radius 3 is 2.43 bits per heavy atom. The minimum Gasteiger partial charge on any atom is -0.495 e. The Balaban J connectivity index is 2.07. The molecule has 2 rings (SSSR count). The van der Waals surface area contributed by atoms with Crippen molar-refractivity contribution in [1.82, 2.24) is 4.31 Å². The van der Waals surface area contributed by atoms with Crippen molar-refractivity contribution in [2.45, 2.75) is 6.92 Å². The molecule has 1 aromatic carbocycles. The van der Waals surface area contributed by atoms with E-state index in [0.717, 1.165) is 6.26 Å². The van der Waals surface area contributed by atoms with Gasteiger partial charge in [0.2, 0.25) is 21.8 Å². The molecule has 1 aliphatic heterocycles. The van der Waals surface area contributed by atoms with Crippen molar-refractivity contribution in [3.05, 3.63) is 18.2 Å². The van der Waals surface area contributed by atoms with Crippen LogP contribution in [0, 0.1) is 5.92 Å². The molecule has 23 heavy (non-hydrogen) atoms. The van der Waals surface area contributed by atoms with Gasteiger partial charge in [0.25, 0.3) is 0 Å². The first-order valence-electron chi connectivity index (χ1n) is 6.92. The molecule has 0 radical (unpaired) electrons. The van der Waals surface area contributed by atoms with Crippen LogP contribution in [0.1, 0.15) is 6.92 Å². The van der Waals surface area contributed by atoms with E-state index in [-0.39, 0.29) is 24.9 Å². The maximum absolute atomic E-state index is 12.2. The van der Waals surface area contributed by atoms with Crippen molar-refractivity contribution < 1.29 is 22.7 Å². The van der Waals surface area contributed by atoms with Gasteiger partial charge in [-0.25, -0.2) is 12.7 Å². The predicted octanol–water partition coefficient (Wildman–Crippen LogP) is 0.484. The first-order chi connectivity index (χ1) is 10.7. The third-order valence-electron chi connectivity index (χ3n) is 3.47. The first kappa shape index (κ1) is 17.2. The molecule has 0 atom stereocenters. The molecule has 9 heteroatoms. The smallest absolute Gasteiger partial charge is 0.230 e. The van der Waals surface area contributed by atoms with Gasteiger partial charge >= 0.3 is 0 Å². The van der Waals surface area contributed by atoms with Crippen molar-refractivity contribution in [1.29, 1.82) is 0 Å². The molecule has 1 aliphatic rings. The number of hydrogen-bond donors (Lipinski definition) is 2. The number of carbonyl (C=O) groups excluding carboxylic acids is 2. The lowest BCUT2D eigenvalue weighted by molar-refractivity contribution is -0.122. The average Bonchev–Trinajstić information content (AvgIpc) is 2.34. The van der Waals surface area contributed by atoms with Gasteiger partial charge in [-0.2, -0.15) is 0 Å². The number of nitrogens with one attached hydrogen (secondary N) is 2. The molecule has 1 heterocycles. The van der Waals surface area contributed by atoms with Crippen molar-refractivity contribution in [2.75, 3.05) is 37.1 Å². The largest absolute Gasteiger partial charge is 0.495 e. The van der Waals surface area contributed by atoms with E-state index in [4.69, 9.17) is 4.74 Å². The highest BCUT2D eigenvalue weighted by molar-refractivity contribution is 7.88. The van der Waals surface area contributed by atoms with Crippen molar-refractivity contribution in [2.24, 2.45) is 5.92 Å². The summed E-state index contributed by atoms with van der Waals surface area (Å²) in [5.41, 5.74) is 0.946. The van der Waals surface area contributed by atoms with Gasteiger partial charge in [-0.05, 0) is 18.2 Å². The third-order valence-corrected chi connectivity index (χ3v) is 4.70. The fraction of sp³-hybridized carbons (Fsp3) is 0.429. The van der Waals surface area contributed by atoms with Crippen LogP contribution >= 0.6 is 0 Å². The van der Waals surface area contributed by atoms with Crippen LogP contribution in [-0.4, -0.2) is 51.0 Å². The average molecular weight is 341 g/mol. The van der Waals surface area contributed by atoms with Gasteiger partial charge in [0.05, 0.1) is 25.0 Å². The number of methoxy groups -OCH3 is 1. The van der Waals surface area contributed by atoms with E-state index in [0.29, 0.717) is 17.1 Å². The maximum atomic E-state index is 12.2. The molecule has 1 aromatic rings. The summed E-state index contributed by atoms with van der Waals surface area (Å²) in [6, 6.07) is 4.88. The molecule has 1 fully saturated rings. The number of anilines is 2. The standard InChI is InChI=1S/C14H19N3O5S/c1-9(18)15-11-4-5-13(22-2)12(6-11)16-14(19)10-7-17(8-10)23(3,20)21/h4-6,10H,7-8H2,1-3H3,(H,15,18)(H,16,19). The normalized spacial score (nSPS) is 15.6. The Bertz CT molecular complexity index is 726. The topological polar surface area (TPSA) is 105 Å². The number of nitrogens with zero attached hydrogens (tertiary/aromatic N) is 1. The Morgan fingerprint density at radius 1 is 1.26 bits per heavy atom. The van der Waals surface area contributed by atoms with E-state index in [1.807, 2.05) is 0 Å². The fourth-order valence-corrected chi connectivity index (χ4v) is 3.10.